The minimum Gasteiger partial charge on any atom is -0.374 e. The zero-order valence-corrected chi connectivity index (χ0v) is 13.8. The highest BCUT2D eigenvalue weighted by Gasteiger charge is 2.28. The van der Waals surface area contributed by atoms with E-state index in [9.17, 15) is 0 Å². The quantitative estimate of drug-likeness (QED) is 0.634. The molecule has 1 fully saturated rings. The van der Waals surface area contributed by atoms with Crippen molar-refractivity contribution in [2.45, 2.75) is 38.5 Å². The van der Waals surface area contributed by atoms with Crippen molar-refractivity contribution in [2.24, 2.45) is 5.84 Å². The van der Waals surface area contributed by atoms with Crippen LogP contribution in [0.1, 0.15) is 19.4 Å². The lowest BCUT2D eigenvalue weighted by molar-refractivity contribution is -0.0552. The zero-order chi connectivity index (χ0) is 14.5. The summed E-state index contributed by atoms with van der Waals surface area (Å²) in [5.74, 6) is 5.75. The van der Waals surface area contributed by atoms with Crippen LogP contribution in [0.2, 0.25) is 0 Å². The first kappa shape index (κ1) is 15.9. The minimum absolute atomic E-state index is 0.130. The molecule has 0 spiro atoms. The molecule has 0 amide bonds. The Kier molecular flexibility index (Phi) is 5.99. The van der Waals surface area contributed by atoms with E-state index in [0.29, 0.717) is 6.04 Å². The van der Waals surface area contributed by atoms with Crippen LogP contribution in [0.25, 0.3) is 0 Å². The SMILES string of the molecule is CC(C)N1CCOC(C(Cc2cccc(Br)c2)NN)C1. The van der Waals surface area contributed by atoms with Gasteiger partial charge in [-0.15, -0.1) is 0 Å². The number of hydrogen-bond donors (Lipinski definition) is 2. The fourth-order valence-electron chi connectivity index (χ4n) is 2.62. The summed E-state index contributed by atoms with van der Waals surface area (Å²) in [6.45, 7) is 7.16. The highest BCUT2D eigenvalue weighted by Crippen LogP contribution is 2.17. The number of nitrogens with one attached hydrogen (secondary N) is 1. The highest BCUT2D eigenvalue weighted by atomic mass is 79.9. The van der Waals surface area contributed by atoms with Gasteiger partial charge in [-0.05, 0) is 38.0 Å². The van der Waals surface area contributed by atoms with Crippen LogP contribution in [0, 0.1) is 0 Å². The maximum atomic E-state index is 5.92. The number of hydrogen-bond acceptors (Lipinski definition) is 4. The summed E-state index contributed by atoms with van der Waals surface area (Å²) in [4.78, 5) is 2.44. The van der Waals surface area contributed by atoms with E-state index in [1.54, 1.807) is 0 Å². The molecule has 1 aliphatic rings. The summed E-state index contributed by atoms with van der Waals surface area (Å²) >= 11 is 3.51. The molecule has 2 atom stereocenters. The topological polar surface area (TPSA) is 50.5 Å². The van der Waals surface area contributed by atoms with Gasteiger partial charge in [-0.25, -0.2) is 0 Å². The number of halogens is 1. The average Bonchev–Trinajstić information content (AvgIpc) is 2.45. The van der Waals surface area contributed by atoms with Gasteiger partial charge in [-0.1, -0.05) is 28.1 Å². The van der Waals surface area contributed by atoms with Gasteiger partial charge in [0.2, 0.25) is 0 Å². The maximum absolute atomic E-state index is 5.92. The average molecular weight is 342 g/mol. The Morgan fingerprint density at radius 1 is 1.50 bits per heavy atom. The molecule has 1 saturated heterocycles. The number of ether oxygens (including phenoxy) is 1. The van der Waals surface area contributed by atoms with Crippen molar-refractivity contribution in [2.75, 3.05) is 19.7 Å². The van der Waals surface area contributed by atoms with Gasteiger partial charge in [0.25, 0.3) is 0 Å². The molecule has 1 aromatic carbocycles. The smallest absolute Gasteiger partial charge is 0.0872 e. The third kappa shape index (κ3) is 4.27. The summed E-state index contributed by atoms with van der Waals surface area (Å²) in [6.07, 6.45) is 1.00. The third-order valence-corrected chi connectivity index (χ3v) is 4.36. The molecular weight excluding hydrogens is 318 g/mol. The second-order valence-electron chi connectivity index (χ2n) is 5.61. The predicted octanol–water partition coefficient (Wildman–Crippen LogP) is 1.93. The second-order valence-corrected chi connectivity index (χ2v) is 6.52. The summed E-state index contributed by atoms with van der Waals surface area (Å²) in [5, 5.41) is 0. The van der Waals surface area contributed by atoms with Crippen molar-refractivity contribution < 1.29 is 4.74 Å². The molecule has 0 radical (unpaired) electrons. The highest BCUT2D eigenvalue weighted by molar-refractivity contribution is 9.10. The first-order valence-electron chi connectivity index (χ1n) is 7.16. The summed E-state index contributed by atoms with van der Waals surface area (Å²) in [5.41, 5.74) is 4.19. The molecule has 0 aliphatic carbocycles. The molecule has 0 aromatic heterocycles. The van der Waals surface area contributed by atoms with Crippen molar-refractivity contribution in [3.05, 3.63) is 34.3 Å². The molecule has 3 N–H and O–H groups in total. The molecule has 0 saturated carbocycles. The van der Waals surface area contributed by atoms with Gasteiger partial charge in [-0.3, -0.25) is 16.2 Å². The molecule has 5 heteroatoms. The van der Waals surface area contributed by atoms with Crippen LogP contribution in [0.4, 0.5) is 0 Å². The van der Waals surface area contributed by atoms with E-state index in [1.165, 1.54) is 5.56 Å². The Balaban J connectivity index is 2.00. The van der Waals surface area contributed by atoms with Gasteiger partial charge in [-0.2, -0.15) is 0 Å². The molecule has 0 bridgehead atoms. The second kappa shape index (κ2) is 7.52. The van der Waals surface area contributed by atoms with E-state index in [4.69, 9.17) is 10.6 Å². The van der Waals surface area contributed by atoms with E-state index in [1.807, 2.05) is 6.07 Å². The van der Waals surface area contributed by atoms with Gasteiger partial charge >= 0.3 is 0 Å². The lowest BCUT2D eigenvalue weighted by Gasteiger charge is -2.38. The molecule has 1 aromatic rings. The zero-order valence-electron chi connectivity index (χ0n) is 12.2. The number of nitrogens with zero attached hydrogens (tertiary/aromatic N) is 1. The normalized spacial score (nSPS) is 22.1. The van der Waals surface area contributed by atoms with Crippen molar-refractivity contribution in [3.63, 3.8) is 0 Å². The molecular formula is C15H24BrN3O. The van der Waals surface area contributed by atoms with E-state index >= 15 is 0 Å². The predicted molar refractivity (Wildman–Crippen MR) is 85.4 cm³/mol. The van der Waals surface area contributed by atoms with Crippen molar-refractivity contribution >= 4 is 15.9 Å². The molecule has 2 rings (SSSR count). The lowest BCUT2D eigenvalue weighted by atomic mass is 10.00. The molecule has 20 heavy (non-hydrogen) atoms. The molecule has 112 valence electrons. The van der Waals surface area contributed by atoms with Crippen molar-refractivity contribution in [1.82, 2.24) is 10.3 Å². The van der Waals surface area contributed by atoms with Gasteiger partial charge in [0.05, 0.1) is 18.8 Å². The van der Waals surface area contributed by atoms with Crippen molar-refractivity contribution in [3.8, 4) is 0 Å². The Morgan fingerprint density at radius 2 is 2.30 bits per heavy atom. The summed E-state index contributed by atoms with van der Waals surface area (Å²) < 4.78 is 7.01. The Bertz CT molecular complexity index is 427. The van der Waals surface area contributed by atoms with E-state index in [0.717, 1.165) is 30.6 Å². The third-order valence-electron chi connectivity index (χ3n) is 3.86. The van der Waals surface area contributed by atoms with Gasteiger partial charge in [0.1, 0.15) is 0 Å². The van der Waals surface area contributed by atoms with Crippen LogP contribution >= 0.6 is 15.9 Å². The maximum Gasteiger partial charge on any atom is 0.0872 e. The number of benzene rings is 1. The summed E-state index contributed by atoms with van der Waals surface area (Å²) in [6, 6.07) is 9.02. The number of hydrazine groups is 1. The van der Waals surface area contributed by atoms with Crippen LogP contribution in [-0.4, -0.2) is 42.8 Å². The number of nitrogens with two attached hydrogens (primary N) is 1. The summed E-state index contributed by atoms with van der Waals surface area (Å²) in [7, 11) is 0. The van der Waals surface area contributed by atoms with E-state index in [2.05, 4.69) is 58.3 Å². The standard InChI is InChI=1S/C15H24BrN3O/c1-11(2)19-6-7-20-15(10-19)14(18-17)9-12-4-3-5-13(16)8-12/h3-5,8,11,14-15,18H,6-7,9-10,17H2,1-2H3. The van der Waals surface area contributed by atoms with Gasteiger partial charge in [0, 0.05) is 23.6 Å². The molecule has 1 heterocycles. The van der Waals surface area contributed by atoms with Crippen LogP contribution in [-0.2, 0) is 11.2 Å². The Morgan fingerprint density at radius 3 is 2.95 bits per heavy atom. The largest absolute Gasteiger partial charge is 0.374 e. The van der Waals surface area contributed by atoms with E-state index < -0.39 is 0 Å². The fraction of sp³-hybridized carbons (Fsp3) is 0.600. The minimum atomic E-state index is 0.130. The van der Waals surface area contributed by atoms with Crippen LogP contribution in [0.3, 0.4) is 0 Å². The molecule has 2 unspecified atom stereocenters. The number of morpholine rings is 1. The number of rotatable bonds is 5. The van der Waals surface area contributed by atoms with Crippen LogP contribution in [0.15, 0.2) is 28.7 Å². The van der Waals surface area contributed by atoms with Crippen LogP contribution in [0.5, 0.6) is 0 Å². The fourth-order valence-corrected chi connectivity index (χ4v) is 3.07. The van der Waals surface area contributed by atoms with E-state index in [-0.39, 0.29) is 12.1 Å². The molecule has 1 aliphatic heterocycles. The first-order valence-corrected chi connectivity index (χ1v) is 7.95. The van der Waals surface area contributed by atoms with Gasteiger partial charge in [0.15, 0.2) is 0 Å². The van der Waals surface area contributed by atoms with Crippen molar-refractivity contribution in [1.29, 1.82) is 0 Å². The Labute approximate surface area is 129 Å². The first-order chi connectivity index (χ1) is 9.60. The lowest BCUT2D eigenvalue weighted by Crippen LogP contribution is -2.56. The Hall–Kier alpha value is -0.460. The monoisotopic (exact) mass is 341 g/mol. The molecule has 4 nitrogen and oxygen atoms in total. The van der Waals surface area contributed by atoms with Gasteiger partial charge < -0.3 is 4.74 Å². The van der Waals surface area contributed by atoms with Crippen LogP contribution < -0.4 is 11.3 Å².